The molecule has 2 rings (SSSR count). The summed E-state index contributed by atoms with van der Waals surface area (Å²) in [4.78, 5) is 11.8. The Morgan fingerprint density at radius 1 is 1.26 bits per heavy atom. The summed E-state index contributed by atoms with van der Waals surface area (Å²) in [5.41, 5.74) is 0.819. The molecule has 0 bridgehead atoms. The molecule has 1 aromatic rings. The lowest BCUT2D eigenvalue weighted by Crippen LogP contribution is -2.34. The molecular weight excluding hydrogens is 243 g/mol. The van der Waals surface area contributed by atoms with Crippen molar-refractivity contribution in [1.29, 1.82) is 0 Å². The minimum absolute atomic E-state index is 0.0868. The Kier molecular flexibility index (Phi) is 5.10. The lowest BCUT2D eigenvalue weighted by molar-refractivity contribution is -0.117. The number of nitrogens with one attached hydrogen (secondary N) is 2. The van der Waals surface area contributed by atoms with E-state index in [0.29, 0.717) is 0 Å². The molecular formula is C15H19FN2O. The maximum Gasteiger partial charge on any atom is 0.244 e. The van der Waals surface area contributed by atoms with Crippen molar-refractivity contribution in [2.24, 2.45) is 0 Å². The standard InChI is InChI=1S/C15H19FN2O/c16-13-6-3-12(4-7-13)5-8-15(19)18-14-2-1-10-17-11-9-14/h3-8,14,17H,1-2,9-11H2,(H,18,19)/b8-5+. The number of benzene rings is 1. The zero-order chi connectivity index (χ0) is 13.5. The van der Waals surface area contributed by atoms with Crippen LogP contribution in [0.15, 0.2) is 30.3 Å². The molecule has 1 atom stereocenters. The van der Waals surface area contributed by atoms with Gasteiger partial charge in [-0.2, -0.15) is 0 Å². The second kappa shape index (κ2) is 7.04. The summed E-state index contributed by atoms with van der Waals surface area (Å²) in [5, 5.41) is 6.31. The number of carbonyl (C=O) groups is 1. The molecule has 1 amide bonds. The number of carbonyl (C=O) groups excluding carboxylic acids is 1. The minimum Gasteiger partial charge on any atom is -0.350 e. The molecule has 19 heavy (non-hydrogen) atoms. The van der Waals surface area contributed by atoms with E-state index < -0.39 is 0 Å². The summed E-state index contributed by atoms with van der Waals surface area (Å²) >= 11 is 0. The molecule has 1 heterocycles. The van der Waals surface area contributed by atoms with Gasteiger partial charge in [0.2, 0.25) is 5.91 Å². The average Bonchev–Trinajstić information content (AvgIpc) is 2.67. The van der Waals surface area contributed by atoms with E-state index in [4.69, 9.17) is 0 Å². The fourth-order valence-corrected chi connectivity index (χ4v) is 2.16. The Balaban J connectivity index is 1.84. The van der Waals surface area contributed by atoms with Crippen molar-refractivity contribution in [3.8, 4) is 0 Å². The Labute approximate surface area is 112 Å². The smallest absolute Gasteiger partial charge is 0.244 e. The highest BCUT2D eigenvalue weighted by Gasteiger charge is 2.12. The van der Waals surface area contributed by atoms with Gasteiger partial charge < -0.3 is 10.6 Å². The Bertz CT molecular complexity index is 434. The first-order valence-corrected chi connectivity index (χ1v) is 6.69. The highest BCUT2D eigenvalue weighted by molar-refractivity contribution is 5.91. The van der Waals surface area contributed by atoms with E-state index in [-0.39, 0.29) is 17.8 Å². The van der Waals surface area contributed by atoms with E-state index in [9.17, 15) is 9.18 Å². The van der Waals surface area contributed by atoms with Gasteiger partial charge in [-0.3, -0.25) is 4.79 Å². The predicted molar refractivity (Wildman–Crippen MR) is 74.1 cm³/mol. The Morgan fingerprint density at radius 3 is 2.84 bits per heavy atom. The summed E-state index contributed by atoms with van der Waals surface area (Å²) in [7, 11) is 0. The molecule has 3 nitrogen and oxygen atoms in total. The summed E-state index contributed by atoms with van der Waals surface area (Å²) in [6, 6.07) is 6.31. The lowest BCUT2D eigenvalue weighted by atomic mass is 10.1. The van der Waals surface area contributed by atoms with Crippen molar-refractivity contribution >= 4 is 12.0 Å². The highest BCUT2D eigenvalue weighted by atomic mass is 19.1. The van der Waals surface area contributed by atoms with Crippen LogP contribution in [0.25, 0.3) is 6.08 Å². The average molecular weight is 262 g/mol. The minimum atomic E-state index is -0.271. The van der Waals surface area contributed by atoms with Crippen LogP contribution in [0.4, 0.5) is 4.39 Å². The number of hydrogen-bond acceptors (Lipinski definition) is 2. The lowest BCUT2D eigenvalue weighted by Gasteiger charge is -2.14. The molecule has 0 radical (unpaired) electrons. The Morgan fingerprint density at radius 2 is 2.05 bits per heavy atom. The summed E-state index contributed by atoms with van der Waals surface area (Å²) in [5.74, 6) is -0.358. The first-order chi connectivity index (χ1) is 9.24. The number of amides is 1. The molecule has 4 heteroatoms. The second-order valence-corrected chi connectivity index (χ2v) is 4.77. The van der Waals surface area contributed by atoms with Crippen LogP contribution in [0, 0.1) is 5.82 Å². The van der Waals surface area contributed by atoms with Crippen molar-refractivity contribution in [2.75, 3.05) is 13.1 Å². The van der Waals surface area contributed by atoms with Gasteiger partial charge in [0.15, 0.2) is 0 Å². The summed E-state index contributed by atoms with van der Waals surface area (Å²) in [6.07, 6.45) is 6.28. The van der Waals surface area contributed by atoms with Crippen LogP contribution >= 0.6 is 0 Å². The third-order valence-electron chi connectivity index (χ3n) is 3.22. The van der Waals surface area contributed by atoms with Gasteiger partial charge in [-0.25, -0.2) is 4.39 Å². The third-order valence-corrected chi connectivity index (χ3v) is 3.22. The van der Waals surface area contributed by atoms with E-state index in [0.717, 1.165) is 37.9 Å². The SMILES string of the molecule is O=C(/C=C/c1ccc(F)cc1)NC1CCCNCC1. The number of rotatable bonds is 3. The first kappa shape index (κ1) is 13.7. The van der Waals surface area contributed by atoms with E-state index in [1.807, 2.05) is 0 Å². The van der Waals surface area contributed by atoms with Crippen LogP contribution < -0.4 is 10.6 Å². The van der Waals surface area contributed by atoms with Crippen LogP contribution in [0.5, 0.6) is 0 Å². The largest absolute Gasteiger partial charge is 0.350 e. The van der Waals surface area contributed by atoms with Gasteiger partial charge in [-0.05, 0) is 56.1 Å². The van der Waals surface area contributed by atoms with Gasteiger partial charge in [0, 0.05) is 12.1 Å². The van der Waals surface area contributed by atoms with Gasteiger partial charge in [0.05, 0.1) is 0 Å². The van der Waals surface area contributed by atoms with Crippen LogP contribution in [-0.2, 0) is 4.79 Å². The van der Waals surface area contributed by atoms with Crippen LogP contribution in [0.3, 0.4) is 0 Å². The van der Waals surface area contributed by atoms with E-state index in [1.54, 1.807) is 18.2 Å². The Hall–Kier alpha value is -1.68. The molecule has 0 saturated carbocycles. The highest BCUT2D eigenvalue weighted by Crippen LogP contribution is 2.06. The third kappa shape index (κ3) is 4.83. The normalized spacial score (nSPS) is 20.2. The van der Waals surface area contributed by atoms with Crippen molar-refractivity contribution < 1.29 is 9.18 Å². The maximum atomic E-state index is 12.7. The second-order valence-electron chi connectivity index (χ2n) is 4.77. The molecule has 1 unspecified atom stereocenters. The fraction of sp³-hybridized carbons (Fsp3) is 0.400. The van der Waals surface area contributed by atoms with Crippen LogP contribution in [-0.4, -0.2) is 25.0 Å². The van der Waals surface area contributed by atoms with Gasteiger partial charge in [-0.1, -0.05) is 12.1 Å². The summed E-state index contributed by atoms with van der Waals surface area (Å²) in [6.45, 7) is 1.98. The fourth-order valence-electron chi connectivity index (χ4n) is 2.16. The molecule has 1 aromatic carbocycles. The van der Waals surface area contributed by atoms with E-state index in [1.165, 1.54) is 18.2 Å². The van der Waals surface area contributed by atoms with Crippen molar-refractivity contribution in [2.45, 2.75) is 25.3 Å². The van der Waals surface area contributed by atoms with Gasteiger partial charge >= 0.3 is 0 Å². The van der Waals surface area contributed by atoms with Gasteiger partial charge in [-0.15, -0.1) is 0 Å². The molecule has 0 aromatic heterocycles. The molecule has 0 spiro atoms. The zero-order valence-electron chi connectivity index (χ0n) is 10.9. The zero-order valence-corrected chi connectivity index (χ0v) is 10.9. The van der Waals surface area contributed by atoms with E-state index in [2.05, 4.69) is 10.6 Å². The molecule has 2 N–H and O–H groups in total. The molecule has 1 fully saturated rings. The number of halogens is 1. The predicted octanol–water partition coefficient (Wildman–Crippen LogP) is 2.10. The van der Waals surface area contributed by atoms with Crippen molar-refractivity contribution in [3.05, 3.63) is 41.7 Å². The first-order valence-electron chi connectivity index (χ1n) is 6.69. The van der Waals surface area contributed by atoms with E-state index >= 15 is 0 Å². The van der Waals surface area contributed by atoms with Crippen LogP contribution in [0.2, 0.25) is 0 Å². The molecule has 102 valence electrons. The van der Waals surface area contributed by atoms with Crippen molar-refractivity contribution in [1.82, 2.24) is 10.6 Å². The number of hydrogen-bond donors (Lipinski definition) is 2. The molecule has 1 aliphatic heterocycles. The maximum absolute atomic E-state index is 12.7. The molecule has 0 aliphatic carbocycles. The summed E-state index contributed by atoms with van der Waals surface area (Å²) < 4.78 is 12.7. The van der Waals surface area contributed by atoms with Crippen molar-refractivity contribution in [3.63, 3.8) is 0 Å². The van der Waals surface area contributed by atoms with Gasteiger partial charge in [0.1, 0.15) is 5.82 Å². The van der Waals surface area contributed by atoms with Crippen LogP contribution in [0.1, 0.15) is 24.8 Å². The molecule has 1 aliphatic rings. The quantitative estimate of drug-likeness (QED) is 0.819. The van der Waals surface area contributed by atoms with Gasteiger partial charge in [0.25, 0.3) is 0 Å². The monoisotopic (exact) mass is 262 g/mol. The molecule has 1 saturated heterocycles. The topological polar surface area (TPSA) is 41.1 Å².